The van der Waals surface area contributed by atoms with Gasteiger partial charge in [-0.15, -0.1) is 0 Å². The number of allylic oxidation sites excluding steroid dienone is 2. The molecule has 0 radical (unpaired) electrons. The SMILES string of the molecule is C/C=C(\C=NCCC(CC#N)C1CCCC1)C(=N)c1cc[nH]c1NC. The number of rotatable bonds is 9. The van der Waals surface area contributed by atoms with Crippen LogP contribution in [0, 0.1) is 28.6 Å². The maximum Gasteiger partial charge on any atom is 0.112 e. The molecule has 134 valence electrons. The quantitative estimate of drug-likeness (QED) is 0.576. The van der Waals surface area contributed by atoms with E-state index in [1.807, 2.05) is 32.3 Å². The largest absolute Gasteiger partial charge is 0.374 e. The predicted octanol–water partition coefficient (Wildman–Crippen LogP) is 4.55. The number of aliphatic imine (C=N–C) groups is 1. The van der Waals surface area contributed by atoms with Gasteiger partial charge >= 0.3 is 0 Å². The van der Waals surface area contributed by atoms with E-state index in [-0.39, 0.29) is 0 Å². The molecule has 1 heterocycles. The van der Waals surface area contributed by atoms with Crippen molar-refractivity contribution in [2.24, 2.45) is 16.8 Å². The Labute approximate surface area is 150 Å². The summed E-state index contributed by atoms with van der Waals surface area (Å²) < 4.78 is 0. The van der Waals surface area contributed by atoms with Gasteiger partial charge in [0.05, 0.1) is 11.8 Å². The van der Waals surface area contributed by atoms with Gasteiger partial charge in [-0.3, -0.25) is 10.4 Å². The molecule has 1 aromatic heterocycles. The molecule has 0 spiro atoms. The van der Waals surface area contributed by atoms with E-state index >= 15 is 0 Å². The van der Waals surface area contributed by atoms with Crippen LogP contribution >= 0.6 is 0 Å². The molecular weight excluding hydrogens is 310 g/mol. The molecule has 25 heavy (non-hydrogen) atoms. The van der Waals surface area contributed by atoms with Crippen LogP contribution in [0.5, 0.6) is 0 Å². The number of nitrogens with zero attached hydrogens (tertiary/aromatic N) is 2. The van der Waals surface area contributed by atoms with E-state index in [2.05, 4.69) is 21.4 Å². The third kappa shape index (κ3) is 5.06. The second-order valence-corrected chi connectivity index (χ2v) is 6.63. The van der Waals surface area contributed by atoms with Crippen molar-refractivity contribution in [3.05, 3.63) is 29.5 Å². The van der Waals surface area contributed by atoms with Crippen molar-refractivity contribution in [3.63, 3.8) is 0 Å². The van der Waals surface area contributed by atoms with Crippen molar-refractivity contribution in [3.8, 4) is 6.07 Å². The van der Waals surface area contributed by atoms with Crippen molar-refractivity contribution in [2.45, 2.75) is 45.4 Å². The topological polar surface area (TPSA) is 87.8 Å². The zero-order chi connectivity index (χ0) is 18.1. The molecule has 0 saturated heterocycles. The normalized spacial score (nSPS) is 16.9. The van der Waals surface area contributed by atoms with E-state index < -0.39 is 0 Å². The molecule has 0 aromatic carbocycles. The van der Waals surface area contributed by atoms with Crippen molar-refractivity contribution in [2.75, 3.05) is 18.9 Å². The molecule has 1 unspecified atom stereocenters. The maximum absolute atomic E-state index is 9.07. The van der Waals surface area contributed by atoms with Crippen molar-refractivity contribution < 1.29 is 0 Å². The standard InChI is InChI=1S/C20H29N5/c1-3-15(19(22)18-10-13-25-20(18)23-2)14-24-12-9-17(8-11-21)16-6-4-5-7-16/h3,10,13-14,16-17,22-23,25H,4-9,12H2,1-2H3/b15-3+,22-19?,24-14?. The van der Waals surface area contributed by atoms with E-state index in [4.69, 9.17) is 10.7 Å². The zero-order valence-corrected chi connectivity index (χ0v) is 15.3. The summed E-state index contributed by atoms with van der Waals surface area (Å²) in [7, 11) is 1.84. The first-order valence-electron chi connectivity index (χ1n) is 9.18. The zero-order valence-electron chi connectivity index (χ0n) is 15.3. The number of nitrogens with one attached hydrogen (secondary N) is 3. The Morgan fingerprint density at radius 1 is 1.52 bits per heavy atom. The Morgan fingerprint density at radius 3 is 2.92 bits per heavy atom. The molecule has 5 heteroatoms. The molecule has 3 N–H and O–H groups in total. The molecule has 1 aliphatic carbocycles. The van der Waals surface area contributed by atoms with Gasteiger partial charge in [-0.05, 0) is 31.2 Å². The highest BCUT2D eigenvalue weighted by Gasteiger charge is 2.24. The van der Waals surface area contributed by atoms with Crippen LogP contribution in [0.3, 0.4) is 0 Å². The smallest absolute Gasteiger partial charge is 0.112 e. The van der Waals surface area contributed by atoms with Crippen LogP contribution in [0.15, 0.2) is 28.9 Å². The van der Waals surface area contributed by atoms with Crippen molar-refractivity contribution in [1.29, 1.82) is 10.7 Å². The number of nitriles is 1. The van der Waals surface area contributed by atoms with Crippen LogP contribution in [0.1, 0.15) is 51.0 Å². The van der Waals surface area contributed by atoms with E-state index in [9.17, 15) is 0 Å². The first-order chi connectivity index (χ1) is 12.2. The Balaban J connectivity index is 1.92. The van der Waals surface area contributed by atoms with E-state index in [1.54, 1.807) is 6.21 Å². The summed E-state index contributed by atoms with van der Waals surface area (Å²) in [5.74, 6) is 2.01. The van der Waals surface area contributed by atoms with Crippen LogP contribution in [0.4, 0.5) is 5.82 Å². The summed E-state index contributed by atoms with van der Waals surface area (Å²) in [5.41, 5.74) is 2.12. The molecule has 2 rings (SSSR count). The fraction of sp³-hybridized carbons (Fsp3) is 0.550. The highest BCUT2D eigenvalue weighted by atomic mass is 15.0. The van der Waals surface area contributed by atoms with Gasteiger partial charge in [-0.2, -0.15) is 5.26 Å². The Kier molecular flexibility index (Phi) is 7.46. The average molecular weight is 339 g/mol. The highest BCUT2D eigenvalue weighted by Crippen LogP contribution is 2.34. The third-order valence-corrected chi connectivity index (χ3v) is 5.15. The van der Waals surface area contributed by atoms with Gasteiger partial charge in [0.1, 0.15) is 5.82 Å². The minimum absolute atomic E-state index is 0.459. The number of aromatic nitrogens is 1. The molecule has 0 aliphatic heterocycles. The lowest BCUT2D eigenvalue weighted by Gasteiger charge is -2.19. The van der Waals surface area contributed by atoms with E-state index in [1.165, 1.54) is 25.7 Å². The summed E-state index contributed by atoms with van der Waals surface area (Å²) in [4.78, 5) is 7.64. The lowest BCUT2D eigenvalue weighted by molar-refractivity contribution is 0.328. The number of anilines is 1. The first kappa shape index (κ1) is 19.0. The van der Waals surface area contributed by atoms with Gasteiger partial charge in [0.15, 0.2) is 0 Å². The average Bonchev–Trinajstić information content (AvgIpc) is 3.31. The van der Waals surface area contributed by atoms with Crippen molar-refractivity contribution in [1.82, 2.24) is 4.98 Å². The van der Waals surface area contributed by atoms with E-state index in [0.717, 1.165) is 29.9 Å². The molecule has 1 aliphatic rings. The molecule has 1 aromatic rings. The van der Waals surface area contributed by atoms with Crippen LogP contribution in [0.2, 0.25) is 0 Å². The molecule has 1 saturated carbocycles. The van der Waals surface area contributed by atoms with E-state index in [0.29, 0.717) is 24.0 Å². The predicted molar refractivity (Wildman–Crippen MR) is 105 cm³/mol. The Bertz CT molecular complexity index is 656. The maximum atomic E-state index is 9.07. The fourth-order valence-corrected chi connectivity index (χ4v) is 3.68. The molecule has 0 bridgehead atoms. The van der Waals surface area contributed by atoms with Crippen LogP contribution in [0.25, 0.3) is 0 Å². The third-order valence-electron chi connectivity index (χ3n) is 5.15. The number of H-pyrrole nitrogens is 1. The van der Waals surface area contributed by atoms with Crippen LogP contribution in [-0.2, 0) is 0 Å². The lowest BCUT2D eigenvalue weighted by Crippen LogP contribution is -2.13. The van der Waals surface area contributed by atoms with Gasteiger partial charge < -0.3 is 10.3 Å². The highest BCUT2D eigenvalue weighted by molar-refractivity contribution is 6.24. The summed E-state index contributed by atoms with van der Waals surface area (Å²) in [6, 6.07) is 4.24. The van der Waals surface area contributed by atoms with Crippen molar-refractivity contribution >= 4 is 17.7 Å². The molecule has 0 amide bonds. The van der Waals surface area contributed by atoms with Gasteiger partial charge in [-0.25, -0.2) is 0 Å². The number of hydrogen-bond acceptors (Lipinski definition) is 4. The summed E-state index contributed by atoms with van der Waals surface area (Å²) in [5, 5.41) is 20.5. The van der Waals surface area contributed by atoms with Gasteiger partial charge in [0.25, 0.3) is 0 Å². The number of aromatic amines is 1. The molecule has 5 nitrogen and oxygen atoms in total. The molecule has 1 atom stereocenters. The Hall–Kier alpha value is -2.35. The van der Waals surface area contributed by atoms with Gasteiger partial charge in [0, 0.05) is 43.6 Å². The minimum atomic E-state index is 0.459. The lowest BCUT2D eigenvalue weighted by atomic mass is 9.86. The first-order valence-corrected chi connectivity index (χ1v) is 9.18. The van der Waals surface area contributed by atoms with Crippen LogP contribution in [-0.4, -0.2) is 30.5 Å². The molecular formula is C20H29N5. The summed E-state index contributed by atoms with van der Waals surface area (Å²) >= 11 is 0. The van der Waals surface area contributed by atoms with Crippen LogP contribution < -0.4 is 5.32 Å². The second kappa shape index (κ2) is 9.83. The molecule has 1 fully saturated rings. The summed E-state index contributed by atoms with van der Waals surface area (Å²) in [6.45, 7) is 2.65. The van der Waals surface area contributed by atoms with Gasteiger partial charge in [-0.1, -0.05) is 31.8 Å². The minimum Gasteiger partial charge on any atom is -0.374 e. The fourth-order valence-electron chi connectivity index (χ4n) is 3.68. The summed E-state index contributed by atoms with van der Waals surface area (Å²) in [6.07, 6.45) is 12.3. The monoisotopic (exact) mass is 339 g/mol. The van der Waals surface area contributed by atoms with Gasteiger partial charge in [0.2, 0.25) is 0 Å². The second-order valence-electron chi connectivity index (χ2n) is 6.63. The number of hydrogen-bond donors (Lipinski definition) is 3. The Morgan fingerprint density at radius 2 is 2.28 bits per heavy atom.